The first kappa shape index (κ1) is 15.8. The van der Waals surface area contributed by atoms with Crippen LogP contribution in [0.25, 0.3) is 0 Å². The normalized spacial score (nSPS) is 16.0. The van der Waals surface area contributed by atoms with E-state index in [9.17, 15) is 4.79 Å². The molecule has 2 N–H and O–H groups in total. The molecule has 23 heavy (non-hydrogen) atoms. The van der Waals surface area contributed by atoms with Crippen LogP contribution in [0.15, 0.2) is 24.4 Å². The van der Waals surface area contributed by atoms with Crippen LogP contribution in [0.3, 0.4) is 0 Å². The quantitative estimate of drug-likeness (QED) is 0.883. The van der Waals surface area contributed by atoms with Crippen molar-refractivity contribution in [1.82, 2.24) is 15.6 Å². The number of fused-ring (bicyclic) bond motifs is 1. The SMILES string of the molecule is CCOc1cccc2c1CC[C@H]2NC(=O)NCc1ncc(C)s1. The maximum absolute atomic E-state index is 12.1. The van der Waals surface area contributed by atoms with Gasteiger partial charge in [0, 0.05) is 11.1 Å². The fourth-order valence-electron chi connectivity index (χ4n) is 2.91. The maximum atomic E-state index is 12.1. The summed E-state index contributed by atoms with van der Waals surface area (Å²) in [5, 5.41) is 6.85. The average Bonchev–Trinajstić information content (AvgIpc) is 3.13. The van der Waals surface area contributed by atoms with Gasteiger partial charge in [0.2, 0.25) is 0 Å². The summed E-state index contributed by atoms with van der Waals surface area (Å²) in [6, 6.07) is 5.94. The van der Waals surface area contributed by atoms with Gasteiger partial charge in [-0.05, 0) is 43.9 Å². The summed E-state index contributed by atoms with van der Waals surface area (Å²) in [7, 11) is 0. The minimum Gasteiger partial charge on any atom is -0.494 e. The predicted molar refractivity (Wildman–Crippen MR) is 90.9 cm³/mol. The lowest BCUT2D eigenvalue weighted by Crippen LogP contribution is -2.36. The number of nitrogens with zero attached hydrogens (tertiary/aromatic N) is 1. The van der Waals surface area contributed by atoms with Crippen molar-refractivity contribution in [2.45, 2.75) is 39.3 Å². The number of ether oxygens (including phenoxy) is 1. The molecular weight excluding hydrogens is 310 g/mol. The number of benzene rings is 1. The van der Waals surface area contributed by atoms with E-state index < -0.39 is 0 Å². The van der Waals surface area contributed by atoms with Crippen LogP contribution in [0.4, 0.5) is 4.79 Å². The number of carbonyl (C=O) groups excluding carboxylic acids is 1. The summed E-state index contributed by atoms with van der Waals surface area (Å²) in [4.78, 5) is 17.5. The Kier molecular flexibility index (Phi) is 4.81. The molecule has 0 fully saturated rings. The first-order valence-corrected chi connectivity index (χ1v) is 8.69. The highest BCUT2D eigenvalue weighted by atomic mass is 32.1. The summed E-state index contributed by atoms with van der Waals surface area (Å²) in [5.74, 6) is 0.938. The number of aromatic nitrogens is 1. The van der Waals surface area contributed by atoms with E-state index in [0.29, 0.717) is 13.2 Å². The van der Waals surface area contributed by atoms with Gasteiger partial charge in [-0.1, -0.05) is 12.1 Å². The van der Waals surface area contributed by atoms with Crippen molar-refractivity contribution in [2.24, 2.45) is 0 Å². The van der Waals surface area contributed by atoms with Gasteiger partial charge in [0.05, 0.1) is 19.2 Å². The third-order valence-electron chi connectivity index (χ3n) is 3.90. The number of hydrogen-bond acceptors (Lipinski definition) is 4. The highest BCUT2D eigenvalue weighted by molar-refractivity contribution is 7.11. The smallest absolute Gasteiger partial charge is 0.315 e. The summed E-state index contributed by atoms with van der Waals surface area (Å²) in [6.45, 7) is 5.11. The standard InChI is InChI=1S/C17H21N3O2S/c1-3-22-15-6-4-5-12-13(15)7-8-14(12)20-17(21)19-10-16-18-9-11(2)23-16/h4-6,9,14H,3,7-8,10H2,1-2H3,(H2,19,20,21)/t14-/m1/s1. The van der Waals surface area contributed by atoms with Crippen molar-refractivity contribution in [1.29, 1.82) is 0 Å². The first-order chi connectivity index (χ1) is 11.2. The molecule has 0 saturated carbocycles. The Balaban J connectivity index is 1.60. The third-order valence-corrected chi connectivity index (χ3v) is 4.81. The fraction of sp³-hybridized carbons (Fsp3) is 0.412. The lowest BCUT2D eigenvalue weighted by atomic mass is 10.1. The zero-order chi connectivity index (χ0) is 16.2. The molecule has 6 heteroatoms. The van der Waals surface area contributed by atoms with Gasteiger partial charge in [-0.2, -0.15) is 0 Å². The monoisotopic (exact) mass is 331 g/mol. The summed E-state index contributed by atoms with van der Waals surface area (Å²) < 4.78 is 5.67. The van der Waals surface area contributed by atoms with Crippen LogP contribution < -0.4 is 15.4 Å². The molecule has 122 valence electrons. The van der Waals surface area contributed by atoms with E-state index >= 15 is 0 Å². The number of carbonyl (C=O) groups is 1. The molecule has 1 aromatic carbocycles. The van der Waals surface area contributed by atoms with E-state index in [1.807, 2.05) is 32.2 Å². The number of rotatable bonds is 5. The van der Waals surface area contributed by atoms with Crippen LogP contribution in [-0.2, 0) is 13.0 Å². The van der Waals surface area contributed by atoms with E-state index in [1.165, 1.54) is 5.56 Å². The number of thiazole rings is 1. The van der Waals surface area contributed by atoms with Gasteiger partial charge in [0.1, 0.15) is 10.8 Å². The fourth-order valence-corrected chi connectivity index (χ4v) is 3.64. The van der Waals surface area contributed by atoms with Gasteiger partial charge < -0.3 is 15.4 Å². The second-order valence-corrected chi connectivity index (χ2v) is 6.86. The highest BCUT2D eigenvalue weighted by Crippen LogP contribution is 2.36. The number of urea groups is 1. The first-order valence-electron chi connectivity index (χ1n) is 7.87. The second kappa shape index (κ2) is 7.00. The molecule has 0 unspecified atom stereocenters. The highest BCUT2D eigenvalue weighted by Gasteiger charge is 2.26. The molecule has 0 spiro atoms. The van der Waals surface area contributed by atoms with E-state index in [4.69, 9.17) is 4.74 Å². The molecule has 0 radical (unpaired) electrons. The van der Waals surface area contributed by atoms with Gasteiger partial charge in [-0.25, -0.2) is 9.78 Å². The van der Waals surface area contributed by atoms with Crippen molar-refractivity contribution < 1.29 is 9.53 Å². The Bertz CT molecular complexity index is 699. The average molecular weight is 331 g/mol. The second-order valence-electron chi connectivity index (χ2n) is 5.54. The molecule has 5 nitrogen and oxygen atoms in total. The van der Waals surface area contributed by atoms with Crippen LogP contribution in [0.2, 0.25) is 0 Å². The van der Waals surface area contributed by atoms with Crippen LogP contribution in [0.1, 0.15) is 40.4 Å². The van der Waals surface area contributed by atoms with E-state index in [-0.39, 0.29) is 12.1 Å². The Labute approximate surface area is 140 Å². The summed E-state index contributed by atoms with van der Waals surface area (Å²) >= 11 is 1.60. The van der Waals surface area contributed by atoms with Crippen molar-refractivity contribution in [2.75, 3.05) is 6.61 Å². The number of amides is 2. The van der Waals surface area contributed by atoms with Crippen LogP contribution >= 0.6 is 11.3 Å². The van der Waals surface area contributed by atoms with Crippen molar-refractivity contribution in [3.63, 3.8) is 0 Å². The van der Waals surface area contributed by atoms with E-state index in [2.05, 4.69) is 21.7 Å². The van der Waals surface area contributed by atoms with E-state index in [0.717, 1.165) is 34.0 Å². The largest absolute Gasteiger partial charge is 0.494 e. The summed E-state index contributed by atoms with van der Waals surface area (Å²) in [6.07, 6.45) is 3.66. The van der Waals surface area contributed by atoms with Gasteiger partial charge >= 0.3 is 6.03 Å². The molecule has 1 aliphatic rings. The Hall–Kier alpha value is -2.08. The Morgan fingerprint density at radius 3 is 3.09 bits per heavy atom. The van der Waals surface area contributed by atoms with Gasteiger partial charge in [-0.15, -0.1) is 11.3 Å². The number of aryl methyl sites for hydroxylation is 1. The molecule has 0 saturated heterocycles. The molecule has 3 rings (SSSR count). The van der Waals surface area contributed by atoms with Gasteiger partial charge in [-0.3, -0.25) is 0 Å². The predicted octanol–water partition coefficient (Wildman–Crippen LogP) is 3.34. The Morgan fingerprint density at radius 2 is 2.35 bits per heavy atom. The van der Waals surface area contributed by atoms with Crippen LogP contribution in [0, 0.1) is 6.92 Å². The van der Waals surface area contributed by atoms with Crippen molar-refractivity contribution in [3.05, 3.63) is 45.4 Å². The molecule has 1 aromatic heterocycles. The summed E-state index contributed by atoms with van der Waals surface area (Å²) in [5.41, 5.74) is 2.38. The third kappa shape index (κ3) is 3.64. The topological polar surface area (TPSA) is 63.2 Å². The van der Waals surface area contributed by atoms with Crippen molar-refractivity contribution >= 4 is 17.4 Å². The van der Waals surface area contributed by atoms with Gasteiger partial charge in [0.15, 0.2) is 0 Å². The van der Waals surface area contributed by atoms with Crippen molar-refractivity contribution in [3.8, 4) is 5.75 Å². The zero-order valence-electron chi connectivity index (χ0n) is 13.4. The number of hydrogen-bond donors (Lipinski definition) is 2. The minimum atomic E-state index is -0.155. The van der Waals surface area contributed by atoms with Gasteiger partial charge in [0.25, 0.3) is 0 Å². The molecule has 0 aliphatic heterocycles. The minimum absolute atomic E-state index is 0.0448. The van der Waals surface area contributed by atoms with E-state index in [1.54, 1.807) is 11.3 Å². The molecule has 1 aliphatic carbocycles. The lowest BCUT2D eigenvalue weighted by Gasteiger charge is -2.15. The number of nitrogens with one attached hydrogen (secondary N) is 2. The Morgan fingerprint density at radius 1 is 1.48 bits per heavy atom. The zero-order valence-corrected chi connectivity index (χ0v) is 14.2. The molecule has 2 aromatic rings. The van der Waals surface area contributed by atoms with Crippen LogP contribution in [0.5, 0.6) is 5.75 Å². The molecule has 0 bridgehead atoms. The lowest BCUT2D eigenvalue weighted by molar-refractivity contribution is 0.236. The van der Waals surface area contributed by atoms with Crippen LogP contribution in [-0.4, -0.2) is 17.6 Å². The molecule has 2 amide bonds. The molecular formula is C17H21N3O2S. The molecule has 1 heterocycles. The maximum Gasteiger partial charge on any atom is 0.315 e. The molecule has 1 atom stereocenters.